The molecule has 1 aromatic heterocycles. The topological polar surface area (TPSA) is 29.9 Å². The maximum Gasteiger partial charge on any atom is 0.0798 e. The smallest absolute Gasteiger partial charge is 0.0798 e. The van der Waals surface area contributed by atoms with E-state index in [0.717, 1.165) is 23.7 Å². The van der Waals surface area contributed by atoms with Gasteiger partial charge in [-0.2, -0.15) is 5.10 Å². The summed E-state index contributed by atoms with van der Waals surface area (Å²) in [4.78, 5) is 0. The summed E-state index contributed by atoms with van der Waals surface area (Å²) in [6, 6.07) is 12.7. The first-order valence-electron chi connectivity index (χ1n) is 7.49. The predicted octanol–water partition coefficient (Wildman–Crippen LogP) is 3.96. The van der Waals surface area contributed by atoms with E-state index in [4.69, 9.17) is 5.10 Å². The maximum absolute atomic E-state index is 4.70. The molecule has 0 bridgehead atoms. The van der Waals surface area contributed by atoms with Crippen molar-refractivity contribution in [3.8, 4) is 5.69 Å². The molecular weight excluding hydrogens is 246 g/mol. The van der Waals surface area contributed by atoms with Crippen LogP contribution in [0.5, 0.6) is 0 Å². The number of hydrogen-bond donors (Lipinski definition) is 1. The molecule has 0 aliphatic heterocycles. The van der Waals surface area contributed by atoms with E-state index in [1.807, 2.05) is 36.1 Å². The first-order chi connectivity index (χ1) is 9.70. The van der Waals surface area contributed by atoms with Crippen LogP contribution in [0.15, 0.2) is 42.6 Å². The largest absolute Gasteiger partial charge is 0.312 e. The molecular formula is C17H25N3. The van der Waals surface area contributed by atoms with Crippen molar-refractivity contribution in [3.05, 3.63) is 48.3 Å². The van der Waals surface area contributed by atoms with Crippen LogP contribution in [-0.2, 0) is 0 Å². The monoisotopic (exact) mass is 271 g/mol. The molecule has 20 heavy (non-hydrogen) atoms. The molecule has 1 unspecified atom stereocenters. The molecule has 1 heterocycles. The molecule has 0 fully saturated rings. The lowest BCUT2D eigenvalue weighted by atomic mass is 10.0. The van der Waals surface area contributed by atoms with E-state index in [1.165, 1.54) is 12.8 Å². The van der Waals surface area contributed by atoms with Crippen LogP contribution in [0.2, 0.25) is 0 Å². The van der Waals surface area contributed by atoms with Crippen molar-refractivity contribution >= 4 is 0 Å². The summed E-state index contributed by atoms with van der Waals surface area (Å²) in [5.41, 5.74) is 2.23. The Morgan fingerprint density at radius 1 is 1.10 bits per heavy atom. The molecule has 0 amide bonds. The van der Waals surface area contributed by atoms with Gasteiger partial charge in [0, 0.05) is 6.20 Å². The zero-order valence-corrected chi connectivity index (χ0v) is 12.7. The fraction of sp³-hybridized carbons (Fsp3) is 0.471. The van der Waals surface area contributed by atoms with Gasteiger partial charge < -0.3 is 5.32 Å². The fourth-order valence-electron chi connectivity index (χ4n) is 2.42. The van der Waals surface area contributed by atoms with Crippen molar-refractivity contribution in [2.75, 3.05) is 7.05 Å². The lowest BCUT2D eigenvalue weighted by molar-refractivity contribution is 0.462. The van der Waals surface area contributed by atoms with Gasteiger partial charge in [-0.25, -0.2) is 4.68 Å². The summed E-state index contributed by atoms with van der Waals surface area (Å²) in [6.45, 7) is 4.55. The van der Waals surface area contributed by atoms with Crippen LogP contribution >= 0.6 is 0 Å². The molecule has 1 aromatic carbocycles. The van der Waals surface area contributed by atoms with Gasteiger partial charge in [-0.1, -0.05) is 44.9 Å². The Morgan fingerprint density at radius 3 is 2.50 bits per heavy atom. The summed E-state index contributed by atoms with van der Waals surface area (Å²) < 4.78 is 1.95. The second-order valence-corrected chi connectivity index (χ2v) is 5.69. The highest BCUT2D eigenvalue weighted by Crippen LogP contribution is 2.20. The van der Waals surface area contributed by atoms with E-state index < -0.39 is 0 Å². The van der Waals surface area contributed by atoms with Crippen molar-refractivity contribution in [1.82, 2.24) is 15.1 Å². The number of hydrogen-bond acceptors (Lipinski definition) is 2. The Morgan fingerprint density at radius 2 is 1.85 bits per heavy atom. The Labute approximate surface area is 122 Å². The first-order valence-corrected chi connectivity index (χ1v) is 7.49. The summed E-state index contributed by atoms with van der Waals surface area (Å²) in [7, 11) is 2.02. The molecule has 108 valence electrons. The SMILES string of the molecule is CNC(CCCC(C)C)c1ccn(-c2ccccc2)n1. The molecule has 1 atom stereocenters. The molecule has 0 saturated heterocycles. The first kappa shape index (κ1) is 14.8. The van der Waals surface area contributed by atoms with Gasteiger partial charge in [0.05, 0.1) is 17.4 Å². The van der Waals surface area contributed by atoms with Crippen molar-refractivity contribution in [3.63, 3.8) is 0 Å². The number of rotatable bonds is 7. The third kappa shape index (κ3) is 3.94. The molecule has 2 rings (SSSR count). The van der Waals surface area contributed by atoms with E-state index >= 15 is 0 Å². The molecule has 0 aliphatic carbocycles. The predicted molar refractivity (Wildman–Crippen MR) is 84.1 cm³/mol. The van der Waals surface area contributed by atoms with Crippen LogP contribution in [0, 0.1) is 5.92 Å². The summed E-state index contributed by atoms with van der Waals surface area (Å²) in [6.07, 6.45) is 5.69. The second-order valence-electron chi connectivity index (χ2n) is 5.69. The Bertz CT molecular complexity index is 502. The maximum atomic E-state index is 4.70. The summed E-state index contributed by atoms with van der Waals surface area (Å²) in [5, 5.41) is 8.08. The normalized spacial score (nSPS) is 12.8. The van der Waals surface area contributed by atoms with E-state index in [9.17, 15) is 0 Å². The van der Waals surface area contributed by atoms with Gasteiger partial charge in [0.2, 0.25) is 0 Å². The van der Waals surface area contributed by atoms with Gasteiger partial charge in [-0.3, -0.25) is 0 Å². The van der Waals surface area contributed by atoms with Gasteiger partial charge in [-0.15, -0.1) is 0 Å². The average molecular weight is 271 g/mol. The zero-order valence-electron chi connectivity index (χ0n) is 12.7. The Kier molecular flexibility index (Phi) is 5.36. The third-order valence-electron chi connectivity index (χ3n) is 3.61. The molecule has 3 nitrogen and oxygen atoms in total. The van der Waals surface area contributed by atoms with Gasteiger partial charge in [0.1, 0.15) is 0 Å². The van der Waals surface area contributed by atoms with E-state index in [0.29, 0.717) is 6.04 Å². The molecule has 3 heteroatoms. The summed E-state index contributed by atoms with van der Waals surface area (Å²) in [5.74, 6) is 0.773. The molecule has 2 aromatic rings. The number of para-hydroxylation sites is 1. The van der Waals surface area contributed by atoms with Crippen LogP contribution < -0.4 is 5.32 Å². The Balaban J connectivity index is 2.02. The van der Waals surface area contributed by atoms with Crippen molar-refractivity contribution in [1.29, 1.82) is 0 Å². The minimum atomic E-state index is 0.346. The molecule has 0 radical (unpaired) electrons. The average Bonchev–Trinajstić information content (AvgIpc) is 2.94. The van der Waals surface area contributed by atoms with Crippen LogP contribution in [0.4, 0.5) is 0 Å². The number of benzene rings is 1. The van der Waals surface area contributed by atoms with Gasteiger partial charge >= 0.3 is 0 Å². The van der Waals surface area contributed by atoms with Gasteiger partial charge in [0.15, 0.2) is 0 Å². The van der Waals surface area contributed by atoms with Crippen LogP contribution in [0.3, 0.4) is 0 Å². The molecule has 0 saturated carbocycles. The van der Waals surface area contributed by atoms with Crippen molar-refractivity contribution < 1.29 is 0 Å². The van der Waals surface area contributed by atoms with E-state index in [2.05, 4.69) is 37.4 Å². The zero-order chi connectivity index (χ0) is 14.4. The van der Waals surface area contributed by atoms with E-state index in [-0.39, 0.29) is 0 Å². The van der Waals surface area contributed by atoms with Crippen LogP contribution in [0.25, 0.3) is 5.69 Å². The van der Waals surface area contributed by atoms with Crippen LogP contribution in [-0.4, -0.2) is 16.8 Å². The van der Waals surface area contributed by atoms with Gasteiger partial charge in [-0.05, 0) is 37.6 Å². The second kappa shape index (κ2) is 7.25. The number of nitrogens with one attached hydrogen (secondary N) is 1. The molecule has 0 aliphatic rings. The van der Waals surface area contributed by atoms with Crippen molar-refractivity contribution in [2.24, 2.45) is 5.92 Å². The highest BCUT2D eigenvalue weighted by atomic mass is 15.3. The number of aromatic nitrogens is 2. The number of nitrogens with zero attached hydrogens (tertiary/aromatic N) is 2. The Hall–Kier alpha value is -1.61. The summed E-state index contributed by atoms with van der Waals surface area (Å²) >= 11 is 0. The molecule has 1 N–H and O–H groups in total. The minimum absolute atomic E-state index is 0.346. The molecule has 0 spiro atoms. The van der Waals surface area contributed by atoms with Crippen LogP contribution in [0.1, 0.15) is 44.8 Å². The minimum Gasteiger partial charge on any atom is -0.312 e. The quantitative estimate of drug-likeness (QED) is 0.826. The highest BCUT2D eigenvalue weighted by molar-refractivity contribution is 5.30. The third-order valence-corrected chi connectivity index (χ3v) is 3.61. The lowest BCUT2D eigenvalue weighted by Crippen LogP contribution is -2.17. The standard InChI is InChI=1S/C17H25N3/c1-14(2)8-7-11-16(18-3)17-12-13-20(19-17)15-9-5-4-6-10-15/h4-6,9-10,12-14,16,18H,7-8,11H2,1-3H3. The van der Waals surface area contributed by atoms with Gasteiger partial charge in [0.25, 0.3) is 0 Å². The van der Waals surface area contributed by atoms with E-state index in [1.54, 1.807) is 0 Å². The van der Waals surface area contributed by atoms with Crippen molar-refractivity contribution in [2.45, 2.75) is 39.2 Å². The fourth-order valence-corrected chi connectivity index (χ4v) is 2.42. The highest BCUT2D eigenvalue weighted by Gasteiger charge is 2.12. The lowest BCUT2D eigenvalue weighted by Gasteiger charge is -2.14.